The van der Waals surface area contributed by atoms with Crippen LogP contribution in [-0.2, 0) is 6.54 Å². The summed E-state index contributed by atoms with van der Waals surface area (Å²) in [6.45, 7) is 5.07. The maximum Gasteiger partial charge on any atom is 0.0839 e. The van der Waals surface area contributed by atoms with Crippen molar-refractivity contribution in [1.82, 2.24) is 15.1 Å². The summed E-state index contributed by atoms with van der Waals surface area (Å²) in [5.41, 5.74) is 2.32. The van der Waals surface area contributed by atoms with E-state index in [0.29, 0.717) is 0 Å². The van der Waals surface area contributed by atoms with Crippen LogP contribution in [0.25, 0.3) is 0 Å². The van der Waals surface area contributed by atoms with E-state index < -0.39 is 0 Å². The molecule has 0 aliphatic rings. The Morgan fingerprint density at radius 3 is 2.94 bits per heavy atom. The molecular weight excluding hydrogens is 218 g/mol. The van der Waals surface area contributed by atoms with Crippen molar-refractivity contribution in [2.45, 2.75) is 26.4 Å². The highest BCUT2D eigenvalue weighted by molar-refractivity contribution is 7.10. The van der Waals surface area contributed by atoms with Crippen molar-refractivity contribution in [1.29, 1.82) is 0 Å². The fourth-order valence-corrected chi connectivity index (χ4v) is 2.79. The minimum Gasteiger partial charge on any atom is -0.307 e. The zero-order valence-corrected chi connectivity index (χ0v) is 10.7. The number of thiophene rings is 1. The SMILES string of the molecule is CCn1nc(C)cc1C(NC)c1cccs1. The Morgan fingerprint density at radius 1 is 1.56 bits per heavy atom. The van der Waals surface area contributed by atoms with Crippen LogP contribution in [0, 0.1) is 6.92 Å². The van der Waals surface area contributed by atoms with E-state index in [2.05, 4.69) is 45.6 Å². The van der Waals surface area contributed by atoms with Crippen molar-refractivity contribution in [2.24, 2.45) is 0 Å². The number of hydrogen-bond donors (Lipinski definition) is 1. The lowest BCUT2D eigenvalue weighted by atomic mass is 10.1. The van der Waals surface area contributed by atoms with Gasteiger partial charge in [-0.2, -0.15) is 5.10 Å². The van der Waals surface area contributed by atoms with Gasteiger partial charge in [-0.05, 0) is 38.4 Å². The van der Waals surface area contributed by atoms with E-state index in [4.69, 9.17) is 0 Å². The summed E-state index contributed by atoms with van der Waals surface area (Å²) in [5.74, 6) is 0. The monoisotopic (exact) mass is 235 g/mol. The van der Waals surface area contributed by atoms with Crippen LogP contribution in [0.5, 0.6) is 0 Å². The summed E-state index contributed by atoms with van der Waals surface area (Å²) in [5, 5.41) is 9.96. The molecule has 1 N–H and O–H groups in total. The molecule has 0 amide bonds. The highest BCUT2D eigenvalue weighted by atomic mass is 32.1. The smallest absolute Gasteiger partial charge is 0.0839 e. The van der Waals surface area contributed by atoms with Crippen molar-refractivity contribution >= 4 is 11.3 Å². The van der Waals surface area contributed by atoms with Gasteiger partial charge in [0.1, 0.15) is 0 Å². The number of nitrogens with zero attached hydrogens (tertiary/aromatic N) is 2. The normalized spacial score (nSPS) is 12.9. The average molecular weight is 235 g/mol. The van der Waals surface area contributed by atoms with Crippen LogP contribution in [0.3, 0.4) is 0 Å². The molecule has 2 heterocycles. The van der Waals surface area contributed by atoms with E-state index in [1.807, 2.05) is 14.0 Å². The zero-order chi connectivity index (χ0) is 11.5. The third-order valence-electron chi connectivity index (χ3n) is 2.64. The molecule has 86 valence electrons. The van der Waals surface area contributed by atoms with Crippen LogP contribution in [0.2, 0.25) is 0 Å². The van der Waals surface area contributed by atoms with E-state index in [-0.39, 0.29) is 6.04 Å². The molecule has 0 spiro atoms. The summed E-state index contributed by atoms with van der Waals surface area (Å²) >= 11 is 1.78. The molecular formula is C12H17N3S. The van der Waals surface area contributed by atoms with Crippen LogP contribution in [-0.4, -0.2) is 16.8 Å². The van der Waals surface area contributed by atoms with Gasteiger partial charge in [0.05, 0.1) is 17.4 Å². The molecule has 16 heavy (non-hydrogen) atoms. The molecule has 0 saturated carbocycles. The topological polar surface area (TPSA) is 29.9 Å². The Hall–Kier alpha value is -1.13. The molecule has 2 rings (SSSR count). The fourth-order valence-electron chi connectivity index (χ4n) is 1.94. The standard InChI is InChI=1S/C12H17N3S/c1-4-15-10(8-9(2)14-15)12(13-3)11-6-5-7-16-11/h5-8,12-13H,4H2,1-3H3. The van der Waals surface area contributed by atoms with Gasteiger partial charge in [0.25, 0.3) is 0 Å². The third-order valence-corrected chi connectivity index (χ3v) is 3.58. The minimum atomic E-state index is 0.251. The lowest BCUT2D eigenvalue weighted by Crippen LogP contribution is -2.20. The molecule has 2 aromatic rings. The van der Waals surface area contributed by atoms with Crippen LogP contribution in [0.1, 0.15) is 29.2 Å². The molecule has 1 atom stereocenters. The van der Waals surface area contributed by atoms with Gasteiger partial charge >= 0.3 is 0 Å². The first-order valence-corrected chi connectivity index (χ1v) is 6.39. The molecule has 0 aliphatic carbocycles. The highest BCUT2D eigenvalue weighted by Gasteiger charge is 2.17. The zero-order valence-electron chi connectivity index (χ0n) is 9.90. The molecule has 2 aromatic heterocycles. The van der Waals surface area contributed by atoms with E-state index in [9.17, 15) is 0 Å². The average Bonchev–Trinajstić information content (AvgIpc) is 2.89. The first-order chi connectivity index (χ1) is 7.76. The second-order valence-corrected chi connectivity index (χ2v) is 4.74. The molecule has 0 aliphatic heterocycles. The molecule has 0 radical (unpaired) electrons. The van der Waals surface area contributed by atoms with E-state index in [1.165, 1.54) is 10.6 Å². The lowest BCUT2D eigenvalue weighted by Gasteiger charge is -2.15. The van der Waals surface area contributed by atoms with Gasteiger partial charge in [-0.15, -0.1) is 11.3 Å². The Kier molecular flexibility index (Phi) is 3.41. The first kappa shape index (κ1) is 11.4. The predicted molar refractivity (Wildman–Crippen MR) is 67.9 cm³/mol. The van der Waals surface area contributed by atoms with E-state index >= 15 is 0 Å². The van der Waals surface area contributed by atoms with Gasteiger partial charge < -0.3 is 5.32 Å². The van der Waals surface area contributed by atoms with Crippen molar-refractivity contribution in [2.75, 3.05) is 7.05 Å². The van der Waals surface area contributed by atoms with Crippen LogP contribution < -0.4 is 5.32 Å². The Balaban J connectivity index is 2.40. The van der Waals surface area contributed by atoms with E-state index in [1.54, 1.807) is 11.3 Å². The molecule has 0 bridgehead atoms. The molecule has 1 unspecified atom stereocenters. The van der Waals surface area contributed by atoms with Crippen molar-refractivity contribution in [3.05, 3.63) is 39.8 Å². The minimum absolute atomic E-state index is 0.251. The van der Waals surface area contributed by atoms with Gasteiger partial charge in [-0.1, -0.05) is 6.07 Å². The lowest BCUT2D eigenvalue weighted by molar-refractivity contribution is 0.565. The fraction of sp³-hybridized carbons (Fsp3) is 0.417. The van der Waals surface area contributed by atoms with Crippen molar-refractivity contribution < 1.29 is 0 Å². The number of rotatable bonds is 4. The maximum atomic E-state index is 4.49. The highest BCUT2D eigenvalue weighted by Crippen LogP contribution is 2.26. The first-order valence-electron chi connectivity index (χ1n) is 5.51. The van der Waals surface area contributed by atoms with Gasteiger partial charge in [0.2, 0.25) is 0 Å². The quantitative estimate of drug-likeness (QED) is 0.882. The number of aromatic nitrogens is 2. The van der Waals surface area contributed by atoms with Gasteiger partial charge in [-0.3, -0.25) is 4.68 Å². The molecule has 0 aromatic carbocycles. The summed E-state index contributed by atoms with van der Waals surface area (Å²) in [7, 11) is 1.99. The van der Waals surface area contributed by atoms with Gasteiger partial charge in [0, 0.05) is 11.4 Å². The molecule has 4 heteroatoms. The number of aryl methyl sites for hydroxylation is 2. The van der Waals surface area contributed by atoms with Gasteiger partial charge in [0.15, 0.2) is 0 Å². The van der Waals surface area contributed by atoms with E-state index in [0.717, 1.165) is 12.2 Å². The number of nitrogens with one attached hydrogen (secondary N) is 1. The van der Waals surface area contributed by atoms with Crippen molar-refractivity contribution in [3.8, 4) is 0 Å². The Labute approximate surface area is 100 Å². The Morgan fingerprint density at radius 2 is 2.38 bits per heavy atom. The Bertz CT molecular complexity index is 445. The van der Waals surface area contributed by atoms with Crippen LogP contribution in [0.15, 0.2) is 23.6 Å². The summed E-state index contributed by atoms with van der Waals surface area (Å²) < 4.78 is 2.07. The second-order valence-electron chi connectivity index (χ2n) is 3.76. The van der Waals surface area contributed by atoms with Crippen LogP contribution in [0.4, 0.5) is 0 Å². The van der Waals surface area contributed by atoms with Crippen LogP contribution >= 0.6 is 11.3 Å². The molecule has 0 fully saturated rings. The summed E-state index contributed by atoms with van der Waals surface area (Å²) in [6.07, 6.45) is 0. The summed E-state index contributed by atoms with van der Waals surface area (Å²) in [4.78, 5) is 1.33. The number of hydrogen-bond acceptors (Lipinski definition) is 3. The maximum absolute atomic E-state index is 4.49. The summed E-state index contributed by atoms with van der Waals surface area (Å²) in [6, 6.07) is 6.66. The van der Waals surface area contributed by atoms with Crippen molar-refractivity contribution in [3.63, 3.8) is 0 Å². The third kappa shape index (κ3) is 2.03. The molecule has 0 saturated heterocycles. The second kappa shape index (κ2) is 4.80. The predicted octanol–water partition coefficient (Wildman–Crippen LogP) is 2.58. The van der Waals surface area contributed by atoms with Gasteiger partial charge in [-0.25, -0.2) is 0 Å². The largest absolute Gasteiger partial charge is 0.307 e. The molecule has 3 nitrogen and oxygen atoms in total.